The Morgan fingerprint density at radius 3 is 2.78 bits per heavy atom. The van der Waals surface area contributed by atoms with E-state index in [2.05, 4.69) is 59.6 Å². The molecule has 0 fully saturated rings. The molecule has 2 heteroatoms. The van der Waals surface area contributed by atoms with Crippen molar-refractivity contribution in [3.05, 3.63) is 71.4 Å². The molecular formula is C16H12N2. The minimum Gasteiger partial charge on any atom is -0.328 e. The largest absolute Gasteiger partial charge is 0.328 e. The predicted octanol–water partition coefficient (Wildman–Crippen LogP) is 3.56. The SMILES string of the molecule is C1=CN2Cc3ccccc3N=C2c2ccccc21. The number of para-hydroxylation sites is 1. The molecule has 2 nitrogen and oxygen atoms in total. The van der Waals surface area contributed by atoms with Gasteiger partial charge in [-0.25, -0.2) is 4.99 Å². The first-order chi connectivity index (χ1) is 8.92. The van der Waals surface area contributed by atoms with E-state index in [4.69, 9.17) is 4.99 Å². The Bertz CT molecular complexity index is 683. The van der Waals surface area contributed by atoms with Crippen molar-refractivity contribution in [3.63, 3.8) is 0 Å². The van der Waals surface area contributed by atoms with Gasteiger partial charge in [-0.1, -0.05) is 42.5 Å². The molecule has 0 aliphatic carbocycles. The van der Waals surface area contributed by atoms with E-state index in [1.165, 1.54) is 16.7 Å². The zero-order valence-electron chi connectivity index (χ0n) is 9.88. The van der Waals surface area contributed by atoms with E-state index >= 15 is 0 Å². The van der Waals surface area contributed by atoms with Crippen LogP contribution in [0.25, 0.3) is 6.08 Å². The van der Waals surface area contributed by atoms with E-state index in [1.807, 2.05) is 6.07 Å². The summed E-state index contributed by atoms with van der Waals surface area (Å²) in [7, 11) is 0. The lowest BCUT2D eigenvalue weighted by Gasteiger charge is -2.31. The number of hydrogen-bond donors (Lipinski definition) is 0. The normalized spacial score (nSPS) is 15.6. The van der Waals surface area contributed by atoms with Gasteiger partial charge in [-0.05, 0) is 23.3 Å². The highest BCUT2D eigenvalue weighted by atomic mass is 15.2. The molecule has 0 radical (unpaired) electrons. The van der Waals surface area contributed by atoms with E-state index in [0.717, 1.165) is 18.1 Å². The van der Waals surface area contributed by atoms with Crippen LogP contribution in [0.4, 0.5) is 5.69 Å². The topological polar surface area (TPSA) is 15.6 Å². The summed E-state index contributed by atoms with van der Waals surface area (Å²) in [5.41, 5.74) is 4.83. The lowest BCUT2D eigenvalue weighted by atomic mass is 10.0. The molecule has 4 rings (SSSR count). The molecule has 0 saturated heterocycles. The Hall–Kier alpha value is -2.35. The van der Waals surface area contributed by atoms with Crippen LogP contribution in [0.3, 0.4) is 0 Å². The molecule has 0 saturated carbocycles. The molecular weight excluding hydrogens is 220 g/mol. The molecule has 2 heterocycles. The molecule has 2 aromatic carbocycles. The lowest BCUT2D eigenvalue weighted by molar-refractivity contribution is 0.545. The van der Waals surface area contributed by atoms with Crippen molar-refractivity contribution in [2.24, 2.45) is 4.99 Å². The van der Waals surface area contributed by atoms with Crippen molar-refractivity contribution in [1.82, 2.24) is 4.90 Å². The van der Waals surface area contributed by atoms with Crippen LogP contribution in [0.2, 0.25) is 0 Å². The fourth-order valence-electron chi connectivity index (χ4n) is 2.54. The van der Waals surface area contributed by atoms with Gasteiger partial charge in [0.05, 0.1) is 12.2 Å². The second-order valence-electron chi connectivity index (χ2n) is 4.60. The summed E-state index contributed by atoms with van der Waals surface area (Å²) in [5.74, 6) is 1.06. The fourth-order valence-corrected chi connectivity index (χ4v) is 2.54. The first kappa shape index (κ1) is 9.66. The minimum absolute atomic E-state index is 0.903. The molecule has 18 heavy (non-hydrogen) atoms. The van der Waals surface area contributed by atoms with Crippen LogP contribution in [0, 0.1) is 0 Å². The Balaban J connectivity index is 1.95. The summed E-state index contributed by atoms with van der Waals surface area (Å²) in [6, 6.07) is 16.7. The van der Waals surface area contributed by atoms with Crippen LogP contribution < -0.4 is 0 Å². The van der Waals surface area contributed by atoms with Gasteiger partial charge in [-0.3, -0.25) is 0 Å². The third kappa shape index (κ3) is 1.32. The summed E-state index contributed by atoms with van der Waals surface area (Å²) < 4.78 is 0. The smallest absolute Gasteiger partial charge is 0.141 e. The highest BCUT2D eigenvalue weighted by molar-refractivity contribution is 6.06. The molecule has 86 valence electrons. The van der Waals surface area contributed by atoms with Crippen LogP contribution in [-0.2, 0) is 6.54 Å². The van der Waals surface area contributed by atoms with Gasteiger partial charge in [0, 0.05) is 11.8 Å². The predicted molar refractivity (Wildman–Crippen MR) is 73.7 cm³/mol. The second-order valence-corrected chi connectivity index (χ2v) is 4.60. The molecule has 0 N–H and O–H groups in total. The maximum absolute atomic E-state index is 4.80. The third-order valence-electron chi connectivity index (χ3n) is 3.47. The van der Waals surface area contributed by atoms with Gasteiger partial charge in [0.25, 0.3) is 0 Å². The van der Waals surface area contributed by atoms with Crippen molar-refractivity contribution in [2.75, 3.05) is 0 Å². The quantitative estimate of drug-likeness (QED) is 0.678. The van der Waals surface area contributed by atoms with Crippen molar-refractivity contribution < 1.29 is 0 Å². The Morgan fingerprint density at radius 1 is 0.944 bits per heavy atom. The lowest BCUT2D eigenvalue weighted by Crippen LogP contribution is -2.31. The van der Waals surface area contributed by atoms with Gasteiger partial charge in [0.1, 0.15) is 5.84 Å². The van der Waals surface area contributed by atoms with Gasteiger partial charge in [-0.2, -0.15) is 0 Å². The van der Waals surface area contributed by atoms with Crippen molar-refractivity contribution >= 4 is 17.6 Å². The van der Waals surface area contributed by atoms with Gasteiger partial charge in [-0.15, -0.1) is 0 Å². The van der Waals surface area contributed by atoms with Crippen molar-refractivity contribution in [2.45, 2.75) is 6.54 Å². The fraction of sp³-hybridized carbons (Fsp3) is 0.0625. The van der Waals surface area contributed by atoms with Gasteiger partial charge in [0.15, 0.2) is 0 Å². The average Bonchev–Trinajstić information content (AvgIpc) is 2.45. The molecule has 2 aromatic rings. The Kier molecular flexibility index (Phi) is 1.92. The maximum Gasteiger partial charge on any atom is 0.141 e. The standard InChI is InChI=1S/C16H12N2/c1-3-7-14-12(5-1)9-10-18-11-13-6-2-4-8-15(13)17-16(14)18/h1-10H,11H2. The van der Waals surface area contributed by atoms with E-state index in [1.54, 1.807) is 0 Å². The molecule has 0 unspecified atom stereocenters. The van der Waals surface area contributed by atoms with Crippen LogP contribution in [0.5, 0.6) is 0 Å². The molecule has 0 spiro atoms. The minimum atomic E-state index is 0.903. The molecule has 0 amide bonds. The van der Waals surface area contributed by atoms with Crippen LogP contribution in [-0.4, -0.2) is 10.7 Å². The number of amidine groups is 1. The molecule has 0 aromatic heterocycles. The zero-order chi connectivity index (χ0) is 11.9. The molecule has 0 atom stereocenters. The van der Waals surface area contributed by atoms with E-state index in [9.17, 15) is 0 Å². The van der Waals surface area contributed by atoms with Crippen LogP contribution >= 0.6 is 0 Å². The number of rotatable bonds is 0. The summed E-state index contributed by atoms with van der Waals surface area (Å²) >= 11 is 0. The van der Waals surface area contributed by atoms with Gasteiger partial charge < -0.3 is 4.90 Å². The van der Waals surface area contributed by atoms with E-state index < -0.39 is 0 Å². The second kappa shape index (κ2) is 3.57. The number of benzene rings is 2. The molecule has 2 aliphatic rings. The van der Waals surface area contributed by atoms with Gasteiger partial charge in [0.2, 0.25) is 0 Å². The van der Waals surface area contributed by atoms with Crippen LogP contribution in [0.15, 0.2) is 59.7 Å². The highest BCUT2D eigenvalue weighted by Gasteiger charge is 2.22. The van der Waals surface area contributed by atoms with E-state index in [0.29, 0.717) is 0 Å². The summed E-state index contributed by atoms with van der Waals surface area (Å²) in [4.78, 5) is 7.01. The number of fused-ring (bicyclic) bond motifs is 4. The number of hydrogen-bond acceptors (Lipinski definition) is 2. The zero-order valence-corrected chi connectivity index (χ0v) is 9.88. The summed E-state index contributed by atoms with van der Waals surface area (Å²) in [5, 5.41) is 0. The van der Waals surface area contributed by atoms with E-state index in [-0.39, 0.29) is 0 Å². The summed E-state index contributed by atoms with van der Waals surface area (Å²) in [6.45, 7) is 0.903. The first-order valence-electron chi connectivity index (χ1n) is 6.13. The third-order valence-corrected chi connectivity index (χ3v) is 3.47. The Morgan fingerprint density at radius 2 is 1.78 bits per heavy atom. The first-order valence-corrected chi connectivity index (χ1v) is 6.13. The molecule has 0 bridgehead atoms. The summed E-state index contributed by atoms with van der Waals surface area (Å²) in [6.07, 6.45) is 4.28. The van der Waals surface area contributed by atoms with Crippen molar-refractivity contribution in [3.8, 4) is 0 Å². The number of aliphatic imine (C=N–C) groups is 1. The monoisotopic (exact) mass is 232 g/mol. The number of nitrogens with zero attached hydrogens (tertiary/aromatic N) is 2. The molecule has 2 aliphatic heterocycles. The van der Waals surface area contributed by atoms with Crippen LogP contribution in [0.1, 0.15) is 16.7 Å². The van der Waals surface area contributed by atoms with Crippen molar-refractivity contribution in [1.29, 1.82) is 0 Å². The Labute approximate surface area is 106 Å². The maximum atomic E-state index is 4.80. The average molecular weight is 232 g/mol. The highest BCUT2D eigenvalue weighted by Crippen LogP contribution is 2.31. The van der Waals surface area contributed by atoms with Gasteiger partial charge >= 0.3 is 0 Å².